The summed E-state index contributed by atoms with van der Waals surface area (Å²) in [6.07, 6.45) is 3.05. The van der Waals surface area contributed by atoms with Gasteiger partial charge in [-0.3, -0.25) is 5.10 Å². The van der Waals surface area contributed by atoms with Gasteiger partial charge in [0.05, 0.1) is 6.54 Å². The molecule has 0 saturated heterocycles. The lowest BCUT2D eigenvalue weighted by atomic mass is 10.1. The number of hydrogen-bond donors (Lipinski definition) is 2. The van der Waals surface area contributed by atoms with Gasteiger partial charge in [-0.15, -0.1) is 0 Å². The summed E-state index contributed by atoms with van der Waals surface area (Å²) in [6, 6.07) is 1.95. The second-order valence-corrected chi connectivity index (χ2v) is 3.77. The Balaban J connectivity index is 2.01. The highest BCUT2D eigenvalue weighted by atomic mass is 15.2. The lowest BCUT2D eigenvalue weighted by Crippen LogP contribution is -2.04. The van der Waals surface area contributed by atoms with E-state index in [1.807, 2.05) is 6.07 Å². The quantitative estimate of drug-likeness (QED) is 0.809. The Kier molecular flexibility index (Phi) is 3.09. The molecule has 0 amide bonds. The fourth-order valence-electron chi connectivity index (χ4n) is 1.28. The van der Waals surface area contributed by atoms with E-state index in [9.17, 15) is 0 Å². The molecule has 0 spiro atoms. The van der Waals surface area contributed by atoms with Gasteiger partial charge in [0, 0.05) is 11.8 Å². The molecule has 2 rings (SSSR count). The number of H-pyrrole nitrogens is 1. The van der Waals surface area contributed by atoms with Crippen LogP contribution in [0.1, 0.15) is 31.3 Å². The van der Waals surface area contributed by atoms with Crippen molar-refractivity contribution in [2.24, 2.45) is 0 Å². The Morgan fingerprint density at radius 3 is 2.81 bits per heavy atom. The van der Waals surface area contributed by atoms with E-state index >= 15 is 0 Å². The van der Waals surface area contributed by atoms with E-state index in [-0.39, 0.29) is 0 Å². The van der Waals surface area contributed by atoms with E-state index in [4.69, 9.17) is 0 Å². The molecule has 0 aromatic carbocycles. The topological polar surface area (TPSA) is 79.4 Å². The van der Waals surface area contributed by atoms with Crippen LogP contribution < -0.4 is 5.32 Å². The smallest absolute Gasteiger partial charge is 0.143 e. The van der Waals surface area contributed by atoms with Gasteiger partial charge in [-0.05, 0) is 5.92 Å². The van der Waals surface area contributed by atoms with Crippen LogP contribution in [0.25, 0.3) is 0 Å². The average molecular weight is 218 g/mol. The molecule has 2 aromatic heterocycles. The first-order valence-electron chi connectivity index (χ1n) is 5.16. The number of nitrogens with one attached hydrogen (secondary N) is 2. The number of hydrogen-bond acceptors (Lipinski definition) is 5. The van der Waals surface area contributed by atoms with Gasteiger partial charge >= 0.3 is 0 Å². The summed E-state index contributed by atoms with van der Waals surface area (Å²) < 4.78 is 0. The van der Waals surface area contributed by atoms with E-state index in [0.29, 0.717) is 12.5 Å². The van der Waals surface area contributed by atoms with Crippen molar-refractivity contribution < 1.29 is 0 Å². The van der Waals surface area contributed by atoms with Gasteiger partial charge in [0.1, 0.15) is 24.3 Å². The van der Waals surface area contributed by atoms with Crippen molar-refractivity contribution in [3.63, 3.8) is 0 Å². The second-order valence-electron chi connectivity index (χ2n) is 3.77. The zero-order chi connectivity index (χ0) is 11.4. The van der Waals surface area contributed by atoms with Crippen LogP contribution in [-0.2, 0) is 6.54 Å². The maximum atomic E-state index is 4.20. The molecule has 2 aromatic rings. The van der Waals surface area contributed by atoms with Crippen LogP contribution in [0.15, 0.2) is 18.7 Å². The molecule has 0 aliphatic carbocycles. The molecule has 0 aliphatic heterocycles. The van der Waals surface area contributed by atoms with Crippen molar-refractivity contribution in [3.05, 3.63) is 30.2 Å². The molecule has 0 atom stereocenters. The molecule has 16 heavy (non-hydrogen) atoms. The minimum Gasteiger partial charge on any atom is -0.363 e. The van der Waals surface area contributed by atoms with Gasteiger partial charge < -0.3 is 5.32 Å². The van der Waals surface area contributed by atoms with Crippen LogP contribution in [0.2, 0.25) is 0 Å². The van der Waals surface area contributed by atoms with Crippen LogP contribution in [0.4, 0.5) is 5.82 Å². The number of rotatable bonds is 4. The fourth-order valence-corrected chi connectivity index (χ4v) is 1.28. The summed E-state index contributed by atoms with van der Waals surface area (Å²) in [5, 5.41) is 9.71. The first-order chi connectivity index (χ1) is 7.75. The lowest BCUT2D eigenvalue weighted by Gasteiger charge is -2.07. The van der Waals surface area contributed by atoms with E-state index in [2.05, 4.69) is 44.3 Å². The Morgan fingerprint density at radius 1 is 1.25 bits per heavy atom. The molecule has 6 heteroatoms. The van der Waals surface area contributed by atoms with Gasteiger partial charge in [-0.2, -0.15) is 5.10 Å². The third kappa shape index (κ3) is 2.53. The number of aromatic amines is 1. The van der Waals surface area contributed by atoms with Crippen LogP contribution in [0.5, 0.6) is 0 Å². The van der Waals surface area contributed by atoms with Gasteiger partial charge in [-0.1, -0.05) is 13.8 Å². The fraction of sp³-hybridized carbons (Fsp3) is 0.400. The van der Waals surface area contributed by atoms with Crippen molar-refractivity contribution in [2.75, 3.05) is 5.32 Å². The molecule has 0 fully saturated rings. The number of nitrogens with zero attached hydrogens (tertiary/aromatic N) is 4. The lowest BCUT2D eigenvalue weighted by molar-refractivity contribution is 0.813. The monoisotopic (exact) mass is 218 g/mol. The third-order valence-electron chi connectivity index (χ3n) is 2.18. The SMILES string of the molecule is CC(C)c1cc(NCc2ncn[nH]2)ncn1. The van der Waals surface area contributed by atoms with Crippen LogP contribution >= 0.6 is 0 Å². The van der Waals surface area contributed by atoms with Crippen LogP contribution in [0, 0.1) is 0 Å². The minimum absolute atomic E-state index is 0.397. The molecule has 0 aliphatic rings. The largest absolute Gasteiger partial charge is 0.363 e. The molecular weight excluding hydrogens is 204 g/mol. The van der Waals surface area contributed by atoms with Crippen molar-refractivity contribution in [1.29, 1.82) is 0 Å². The molecule has 0 saturated carbocycles. The van der Waals surface area contributed by atoms with E-state index < -0.39 is 0 Å². The maximum Gasteiger partial charge on any atom is 0.143 e. The Bertz CT molecular complexity index is 436. The van der Waals surface area contributed by atoms with Gasteiger partial charge in [0.15, 0.2) is 0 Å². The molecule has 84 valence electrons. The normalized spacial score (nSPS) is 10.7. The zero-order valence-electron chi connectivity index (χ0n) is 9.31. The first-order valence-corrected chi connectivity index (χ1v) is 5.16. The van der Waals surface area contributed by atoms with E-state index in [1.54, 1.807) is 6.33 Å². The zero-order valence-corrected chi connectivity index (χ0v) is 9.31. The Hall–Kier alpha value is -1.98. The second kappa shape index (κ2) is 4.69. The molecule has 2 N–H and O–H groups in total. The number of anilines is 1. The summed E-state index contributed by atoms with van der Waals surface area (Å²) in [5.74, 6) is 1.98. The highest BCUT2D eigenvalue weighted by molar-refractivity contribution is 5.35. The highest BCUT2D eigenvalue weighted by Crippen LogP contribution is 2.13. The first kappa shape index (κ1) is 10.5. The molecular formula is C10H14N6. The standard InChI is InChI=1S/C10H14N6/c1-7(2)8-3-9(13-5-12-8)11-4-10-14-6-15-16-10/h3,5-7H,4H2,1-2H3,(H,11,12,13)(H,14,15,16). The average Bonchev–Trinajstić information content (AvgIpc) is 2.79. The highest BCUT2D eigenvalue weighted by Gasteiger charge is 2.03. The maximum absolute atomic E-state index is 4.20. The van der Waals surface area contributed by atoms with Crippen molar-refractivity contribution >= 4 is 5.82 Å². The predicted molar refractivity (Wildman–Crippen MR) is 59.8 cm³/mol. The summed E-state index contributed by atoms with van der Waals surface area (Å²) in [5.41, 5.74) is 1.02. The number of aromatic nitrogens is 5. The van der Waals surface area contributed by atoms with Crippen LogP contribution in [0.3, 0.4) is 0 Å². The summed E-state index contributed by atoms with van der Waals surface area (Å²) in [7, 11) is 0. The van der Waals surface area contributed by atoms with Crippen molar-refractivity contribution in [3.8, 4) is 0 Å². The van der Waals surface area contributed by atoms with Crippen molar-refractivity contribution in [1.82, 2.24) is 25.1 Å². The molecule has 0 unspecified atom stereocenters. The molecule has 2 heterocycles. The molecule has 0 radical (unpaired) electrons. The molecule has 0 bridgehead atoms. The van der Waals surface area contributed by atoms with Crippen molar-refractivity contribution in [2.45, 2.75) is 26.3 Å². The van der Waals surface area contributed by atoms with Gasteiger partial charge in [0.2, 0.25) is 0 Å². The van der Waals surface area contributed by atoms with E-state index in [0.717, 1.165) is 17.3 Å². The summed E-state index contributed by atoms with van der Waals surface area (Å²) in [4.78, 5) is 12.4. The van der Waals surface area contributed by atoms with Gasteiger partial charge in [-0.25, -0.2) is 15.0 Å². The van der Waals surface area contributed by atoms with Gasteiger partial charge in [0.25, 0.3) is 0 Å². The molecule has 6 nitrogen and oxygen atoms in total. The predicted octanol–water partition coefficient (Wildman–Crippen LogP) is 1.33. The van der Waals surface area contributed by atoms with Crippen LogP contribution in [-0.4, -0.2) is 25.1 Å². The Morgan fingerprint density at radius 2 is 2.12 bits per heavy atom. The van der Waals surface area contributed by atoms with E-state index in [1.165, 1.54) is 6.33 Å². The Labute approximate surface area is 93.6 Å². The summed E-state index contributed by atoms with van der Waals surface area (Å²) in [6.45, 7) is 4.78. The minimum atomic E-state index is 0.397. The summed E-state index contributed by atoms with van der Waals surface area (Å²) >= 11 is 0. The third-order valence-corrected chi connectivity index (χ3v) is 2.18.